The topological polar surface area (TPSA) is 125 Å². The van der Waals surface area contributed by atoms with Gasteiger partial charge in [0.05, 0.1) is 15.7 Å². The number of pyridine rings is 1. The van der Waals surface area contributed by atoms with Crippen LogP contribution in [0.3, 0.4) is 0 Å². The van der Waals surface area contributed by atoms with Gasteiger partial charge in [-0.1, -0.05) is 36.4 Å². The number of amides is 3. The lowest BCUT2D eigenvalue weighted by Gasteiger charge is -2.26. The van der Waals surface area contributed by atoms with Gasteiger partial charge in [-0.25, -0.2) is 23.8 Å². The Bertz CT molecular complexity index is 1560. The highest BCUT2D eigenvalue weighted by Gasteiger charge is 2.33. The average Bonchev–Trinajstić information content (AvgIpc) is 3.55. The van der Waals surface area contributed by atoms with Gasteiger partial charge in [0.15, 0.2) is 0 Å². The number of benzene rings is 2. The summed E-state index contributed by atoms with van der Waals surface area (Å²) in [6.07, 6.45) is 2.17. The maximum Gasteiger partial charge on any atom is 0.330 e. The maximum atomic E-state index is 13.5. The molecule has 3 heterocycles. The van der Waals surface area contributed by atoms with Crippen LogP contribution in [0.25, 0.3) is 10.2 Å². The molecule has 2 N–H and O–H groups in total. The molecule has 0 saturated heterocycles. The van der Waals surface area contributed by atoms with Crippen molar-refractivity contribution in [1.82, 2.24) is 20.0 Å². The molecule has 10 nitrogen and oxygen atoms in total. The molecular formula is C25H24N6O4S2. The van der Waals surface area contributed by atoms with Crippen molar-refractivity contribution >= 4 is 55.2 Å². The number of nitrogens with zero attached hydrogens (tertiary/aromatic N) is 4. The van der Waals surface area contributed by atoms with Crippen LogP contribution < -0.4 is 19.2 Å². The number of nitrogens with one attached hydrogen (secondary N) is 2. The van der Waals surface area contributed by atoms with E-state index in [0.717, 1.165) is 25.6 Å². The standard InChI is InChI=1S/C25H24N6O4S2/c1-30(19-9-10-22-20(15-19)27-16-36-22)24(32)21(14-17-6-3-2-4-7-17)28-25(33)29-37(34,35)31-13-11-18-8-5-12-26-23(18)31/h2-10,12,15-16,21H,11,13-14H2,1H3,(H2,28,29,33). The molecule has 37 heavy (non-hydrogen) atoms. The van der Waals surface area contributed by atoms with E-state index >= 15 is 0 Å². The lowest BCUT2D eigenvalue weighted by Crippen LogP contribution is -2.54. The minimum atomic E-state index is -4.23. The van der Waals surface area contributed by atoms with E-state index in [1.54, 1.807) is 36.8 Å². The molecule has 2 aromatic carbocycles. The minimum absolute atomic E-state index is 0.170. The van der Waals surface area contributed by atoms with Gasteiger partial charge in [0.2, 0.25) is 5.91 Å². The number of aromatic nitrogens is 2. The second-order valence-corrected chi connectivity index (χ2v) is 11.0. The van der Waals surface area contributed by atoms with Crippen LogP contribution in [-0.2, 0) is 27.8 Å². The summed E-state index contributed by atoms with van der Waals surface area (Å²) in [5, 5.41) is 2.57. The Kier molecular flexibility index (Phi) is 6.76. The Balaban J connectivity index is 1.35. The van der Waals surface area contributed by atoms with Crippen molar-refractivity contribution in [2.45, 2.75) is 18.9 Å². The van der Waals surface area contributed by atoms with Gasteiger partial charge in [-0.05, 0) is 41.8 Å². The zero-order valence-corrected chi connectivity index (χ0v) is 21.5. The number of hydrogen-bond donors (Lipinski definition) is 2. The van der Waals surface area contributed by atoms with E-state index < -0.39 is 28.2 Å². The highest BCUT2D eigenvalue weighted by molar-refractivity contribution is 7.91. The van der Waals surface area contributed by atoms with Gasteiger partial charge in [-0.15, -0.1) is 11.3 Å². The summed E-state index contributed by atoms with van der Waals surface area (Å²) >= 11 is 1.50. The third kappa shape index (κ3) is 5.25. The van der Waals surface area contributed by atoms with Gasteiger partial charge in [-0.2, -0.15) is 8.42 Å². The van der Waals surface area contributed by atoms with Crippen LogP contribution in [0.1, 0.15) is 11.1 Å². The van der Waals surface area contributed by atoms with Crippen molar-refractivity contribution in [3.8, 4) is 0 Å². The fourth-order valence-electron chi connectivity index (χ4n) is 4.24. The van der Waals surface area contributed by atoms with Crippen molar-refractivity contribution in [2.75, 3.05) is 22.8 Å². The summed E-state index contributed by atoms with van der Waals surface area (Å²) in [5.41, 5.74) is 4.69. The molecule has 0 bridgehead atoms. The number of anilines is 2. The van der Waals surface area contributed by atoms with Gasteiger partial charge < -0.3 is 10.2 Å². The third-order valence-electron chi connectivity index (χ3n) is 6.12. The molecule has 0 spiro atoms. The highest BCUT2D eigenvalue weighted by Crippen LogP contribution is 2.27. The summed E-state index contributed by atoms with van der Waals surface area (Å²) in [5.74, 6) is -0.115. The van der Waals surface area contributed by atoms with Crippen molar-refractivity contribution in [3.63, 3.8) is 0 Å². The number of carbonyl (C=O) groups excluding carboxylic acids is 2. The van der Waals surface area contributed by atoms with Gasteiger partial charge in [-0.3, -0.25) is 4.79 Å². The molecule has 5 rings (SSSR count). The van der Waals surface area contributed by atoms with Crippen LogP contribution in [0.5, 0.6) is 0 Å². The number of thiazole rings is 1. The normalized spacial score (nSPS) is 13.7. The van der Waals surface area contributed by atoms with E-state index in [9.17, 15) is 18.0 Å². The first-order chi connectivity index (χ1) is 17.8. The second-order valence-electron chi connectivity index (χ2n) is 8.53. The molecule has 1 unspecified atom stereocenters. The summed E-state index contributed by atoms with van der Waals surface area (Å²) in [7, 11) is -2.62. The average molecular weight is 537 g/mol. The first-order valence-corrected chi connectivity index (χ1v) is 13.8. The predicted octanol–water partition coefficient (Wildman–Crippen LogP) is 2.87. The summed E-state index contributed by atoms with van der Waals surface area (Å²) in [6.45, 7) is 0.170. The lowest BCUT2D eigenvalue weighted by atomic mass is 10.0. The van der Waals surface area contributed by atoms with Crippen LogP contribution in [0, 0.1) is 0 Å². The van der Waals surface area contributed by atoms with E-state index in [-0.39, 0.29) is 18.8 Å². The molecule has 2 aromatic heterocycles. The quantitative estimate of drug-likeness (QED) is 0.374. The molecule has 1 aliphatic heterocycles. The second kappa shape index (κ2) is 10.1. The highest BCUT2D eigenvalue weighted by atomic mass is 32.2. The predicted molar refractivity (Wildman–Crippen MR) is 143 cm³/mol. The zero-order chi connectivity index (χ0) is 26.0. The number of hydrogen-bond acceptors (Lipinski definition) is 7. The van der Waals surface area contributed by atoms with Crippen molar-refractivity contribution in [2.24, 2.45) is 0 Å². The molecule has 4 aromatic rings. The molecule has 0 fully saturated rings. The van der Waals surface area contributed by atoms with E-state index in [4.69, 9.17) is 0 Å². The van der Waals surface area contributed by atoms with Crippen molar-refractivity contribution < 1.29 is 18.0 Å². The summed E-state index contributed by atoms with van der Waals surface area (Å²) < 4.78 is 30.1. The van der Waals surface area contributed by atoms with Crippen molar-refractivity contribution in [3.05, 3.63) is 83.5 Å². The molecule has 0 radical (unpaired) electrons. The van der Waals surface area contributed by atoms with Gasteiger partial charge in [0, 0.05) is 31.9 Å². The smallest absolute Gasteiger partial charge is 0.325 e. The largest absolute Gasteiger partial charge is 0.330 e. The fourth-order valence-corrected chi connectivity index (χ4v) is 6.02. The molecular weight excluding hydrogens is 512 g/mol. The van der Waals surface area contributed by atoms with Crippen LogP contribution >= 0.6 is 11.3 Å². The molecule has 3 amide bonds. The molecule has 12 heteroatoms. The Morgan fingerprint density at radius 2 is 1.92 bits per heavy atom. The Labute approximate surface area is 218 Å². The number of rotatable bonds is 7. The Morgan fingerprint density at radius 3 is 2.73 bits per heavy atom. The molecule has 1 aliphatic rings. The van der Waals surface area contributed by atoms with Gasteiger partial charge in [0.1, 0.15) is 11.9 Å². The van der Waals surface area contributed by atoms with Crippen LogP contribution in [0.2, 0.25) is 0 Å². The Hall–Kier alpha value is -4.03. The molecule has 1 atom stereocenters. The molecule has 0 aliphatic carbocycles. The molecule has 190 valence electrons. The van der Waals surface area contributed by atoms with E-state index in [1.165, 1.54) is 22.4 Å². The SMILES string of the molecule is CN(C(=O)C(Cc1ccccc1)NC(=O)NS(=O)(=O)N1CCc2cccnc21)c1ccc2scnc2c1. The number of carbonyl (C=O) groups is 2. The zero-order valence-electron chi connectivity index (χ0n) is 19.9. The van der Waals surface area contributed by atoms with Crippen LogP contribution in [-0.4, -0.2) is 50.0 Å². The van der Waals surface area contributed by atoms with Crippen LogP contribution in [0.4, 0.5) is 16.3 Å². The molecule has 0 saturated carbocycles. The minimum Gasteiger partial charge on any atom is -0.325 e. The van der Waals surface area contributed by atoms with Crippen molar-refractivity contribution in [1.29, 1.82) is 0 Å². The van der Waals surface area contributed by atoms with Crippen LogP contribution in [0.15, 0.2) is 72.4 Å². The monoisotopic (exact) mass is 536 g/mol. The fraction of sp³-hybridized carbons (Fsp3) is 0.200. The van der Waals surface area contributed by atoms with Gasteiger partial charge in [0.25, 0.3) is 0 Å². The van der Waals surface area contributed by atoms with E-state index in [0.29, 0.717) is 12.1 Å². The van der Waals surface area contributed by atoms with E-state index in [2.05, 4.69) is 15.3 Å². The maximum absolute atomic E-state index is 13.5. The number of fused-ring (bicyclic) bond motifs is 2. The number of likely N-dealkylation sites (N-methyl/N-ethyl adjacent to an activating group) is 1. The lowest BCUT2D eigenvalue weighted by molar-refractivity contribution is -0.120. The van der Waals surface area contributed by atoms with E-state index in [1.807, 2.05) is 41.1 Å². The first kappa shape index (κ1) is 24.7. The number of urea groups is 1. The third-order valence-corrected chi connectivity index (χ3v) is 8.31. The summed E-state index contributed by atoms with van der Waals surface area (Å²) in [6, 6.07) is 16.2. The van der Waals surface area contributed by atoms with Gasteiger partial charge >= 0.3 is 16.2 Å². The Morgan fingerprint density at radius 1 is 1.11 bits per heavy atom. The summed E-state index contributed by atoms with van der Waals surface area (Å²) in [4.78, 5) is 36.3. The first-order valence-electron chi connectivity index (χ1n) is 11.5.